The predicted molar refractivity (Wildman–Crippen MR) is 51.4 cm³/mol. The van der Waals surface area contributed by atoms with Gasteiger partial charge in [-0.05, 0) is 37.1 Å². The molecule has 0 bridgehead atoms. The molecule has 2 rings (SSSR count). The van der Waals surface area contributed by atoms with E-state index in [1.54, 1.807) is 30.8 Å². The Kier molecular flexibility index (Phi) is 2.30. The van der Waals surface area contributed by atoms with E-state index in [0.29, 0.717) is 0 Å². The summed E-state index contributed by atoms with van der Waals surface area (Å²) in [5.74, 6) is -0.189. The zero-order chi connectivity index (χ0) is 9.42. The summed E-state index contributed by atoms with van der Waals surface area (Å²) >= 11 is 1.64. The van der Waals surface area contributed by atoms with Crippen LogP contribution in [0.3, 0.4) is 0 Å². The molecule has 1 nitrogen and oxygen atoms in total. The van der Waals surface area contributed by atoms with Crippen LogP contribution >= 0.6 is 11.8 Å². The number of benzene rings is 1. The maximum atomic E-state index is 12.8. The van der Waals surface area contributed by atoms with E-state index in [4.69, 9.17) is 0 Å². The van der Waals surface area contributed by atoms with Crippen molar-refractivity contribution in [2.24, 2.45) is 0 Å². The van der Waals surface area contributed by atoms with Gasteiger partial charge in [0.25, 0.3) is 0 Å². The first-order valence-electron chi connectivity index (χ1n) is 4.30. The SMILES string of the molecule is CC(O)C1Cc2cc(F)ccc2S1. The molecule has 1 aromatic carbocycles. The second kappa shape index (κ2) is 3.31. The minimum absolute atomic E-state index is 0.189. The van der Waals surface area contributed by atoms with Gasteiger partial charge in [-0.3, -0.25) is 0 Å². The fourth-order valence-corrected chi connectivity index (χ4v) is 2.74. The van der Waals surface area contributed by atoms with Gasteiger partial charge in [0.05, 0.1) is 6.10 Å². The number of aliphatic hydroxyl groups excluding tert-OH is 1. The summed E-state index contributed by atoms with van der Waals surface area (Å²) in [4.78, 5) is 1.10. The Morgan fingerprint density at radius 2 is 2.38 bits per heavy atom. The molecule has 1 aromatic rings. The zero-order valence-corrected chi connectivity index (χ0v) is 8.14. The Balaban J connectivity index is 2.25. The molecule has 1 N–H and O–H groups in total. The van der Waals surface area contributed by atoms with E-state index < -0.39 is 0 Å². The summed E-state index contributed by atoms with van der Waals surface area (Å²) in [5.41, 5.74) is 1.02. The van der Waals surface area contributed by atoms with Crippen molar-refractivity contribution in [1.29, 1.82) is 0 Å². The molecular formula is C10H11FOS. The summed E-state index contributed by atoms with van der Waals surface area (Å²) in [6, 6.07) is 4.82. The number of halogens is 1. The van der Waals surface area contributed by atoms with Crippen molar-refractivity contribution in [3.05, 3.63) is 29.6 Å². The molecule has 2 atom stereocenters. The lowest BCUT2D eigenvalue weighted by Crippen LogP contribution is -2.17. The first-order chi connectivity index (χ1) is 6.16. The molecule has 1 heterocycles. The van der Waals surface area contributed by atoms with Gasteiger partial charge in [-0.15, -0.1) is 11.8 Å². The predicted octanol–water partition coefficient (Wildman–Crippen LogP) is 2.22. The first-order valence-corrected chi connectivity index (χ1v) is 5.18. The van der Waals surface area contributed by atoms with Crippen LogP contribution < -0.4 is 0 Å². The molecule has 0 radical (unpaired) electrons. The van der Waals surface area contributed by atoms with Crippen LogP contribution in [0.5, 0.6) is 0 Å². The highest BCUT2D eigenvalue weighted by Gasteiger charge is 2.25. The molecule has 1 aliphatic rings. The lowest BCUT2D eigenvalue weighted by atomic mass is 10.1. The Hall–Kier alpha value is -0.540. The first kappa shape index (κ1) is 9.03. The fourth-order valence-electron chi connectivity index (χ4n) is 1.51. The lowest BCUT2D eigenvalue weighted by Gasteiger charge is -2.10. The third-order valence-electron chi connectivity index (χ3n) is 2.26. The number of thioether (sulfide) groups is 1. The van der Waals surface area contributed by atoms with E-state index in [1.807, 2.05) is 0 Å². The molecular weight excluding hydrogens is 187 g/mol. The van der Waals surface area contributed by atoms with Gasteiger partial charge in [0.2, 0.25) is 0 Å². The Bertz CT molecular complexity index is 325. The number of fused-ring (bicyclic) bond motifs is 1. The van der Waals surface area contributed by atoms with E-state index in [0.717, 1.165) is 16.9 Å². The second-order valence-electron chi connectivity index (χ2n) is 3.35. The largest absolute Gasteiger partial charge is 0.392 e. The number of hydrogen-bond donors (Lipinski definition) is 1. The summed E-state index contributed by atoms with van der Waals surface area (Å²) in [6.07, 6.45) is 0.440. The Morgan fingerprint density at radius 3 is 3.08 bits per heavy atom. The quantitative estimate of drug-likeness (QED) is 0.746. The molecule has 13 heavy (non-hydrogen) atoms. The van der Waals surface area contributed by atoms with Crippen molar-refractivity contribution in [2.45, 2.75) is 29.6 Å². The highest BCUT2D eigenvalue weighted by Crippen LogP contribution is 2.38. The van der Waals surface area contributed by atoms with Crippen molar-refractivity contribution >= 4 is 11.8 Å². The van der Waals surface area contributed by atoms with Gasteiger partial charge in [-0.1, -0.05) is 0 Å². The molecule has 0 aromatic heterocycles. The van der Waals surface area contributed by atoms with Gasteiger partial charge < -0.3 is 5.11 Å². The van der Waals surface area contributed by atoms with Crippen molar-refractivity contribution in [3.8, 4) is 0 Å². The van der Waals surface area contributed by atoms with Crippen LogP contribution in [0.25, 0.3) is 0 Å². The number of aliphatic hydroxyl groups is 1. The summed E-state index contributed by atoms with van der Waals surface area (Å²) in [5, 5.41) is 9.57. The third-order valence-corrected chi connectivity index (χ3v) is 3.78. The molecule has 0 saturated carbocycles. The molecule has 0 fully saturated rings. The monoisotopic (exact) mass is 198 g/mol. The van der Waals surface area contributed by atoms with E-state index >= 15 is 0 Å². The fraction of sp³-hybridized carbons (Fsp3) is 0.400. The summed E-state index contributed by atoms with van der Waals surface area (Å²) in [6.45, 7) is 1.78. The van der Waals surface area contributed by atoms with Crippen LogP contribution in [0.1, 0.15) is 12.5 Å². The Morgan fingerprint density at radius 1 is 1.62 bits per heavy atom. The van der Waals surface area contributed by atoms with Crippen LogP contribution in [0.4, 0.5) is 4.39 Å². The van der Waals surface area contributed by atoms with Crippen LogP contribution in [-0.2, 0) is 6.42 Å². The normalized spacial score (nSPS) is 22.8. The summed E-state index contributed by atoms with van der Waals surface area (Å²) < 4.78 is 12.8. The second-order valence-corrected chi connectivity index (χ2v) is 4.63. The van der Waals surface area contributed by atoms with Gasteiger partial charge in [0.15, 0.2) is 0 Å². The van der Waals surface area contributed by atoms with Gasteiger partial charge in [-0.2, -0.15) is 0 Å². The van der Waals surface area contributed by atoms with Crippen LogP contribution in [0.15, 0.2) is 23.1 Å². The van der Waals surface area contributed by atoms with Crippen molar-refractivity contribution in [2.75, 3.05) is 0 Å². The number of rotatable bonds is 1. The topological polar surface area (TPSA) is 20.2 Å². The maximum Gasteiger partial charge on any atom is 0.123 e. The summed E-state index contributed by atoms with van der Waals surface area (Å²) in [7, 11) is 0. The molecule has 1 aliphatic heterocycles. The van der Waals surface area contributed by atoms with Crippen molar-refractivity contribution < 1.29 is 9.50 Å². The average Bonchev–Trinajstić information content (AvgIpc) is 2.46. The molecule has 0 amide bonds. The lowest BCUT2D eigenvalue weighted by molar-refractivity contribution is 0.192. The molecule has 3 heteroatoms. The van der Waals surface area contributed by atoms with E-state index in [1.165, 1.54) is 6.07 Å². The van der Waals surface area contributed by atoms with Crippen molar-refractivity contribution in [1.82, 2.24) is 0 Å². The van der Waals surface area contributed by atoms with Gasteiger partial charge in [0.1, 0.15) is 5.82 Å². The Labute approximate surface area is 81.0 Å². The van der Waals surface area contributed by atoms with Crippen LogP contribution in [0.2, 0.25) is 0 Å². The van der Waals surface area contributed by atoms with E-state index in [-0.39, 0.29) is 17.2 Å². The number of hydrogen-bond acceptors (Lipinski definition) is 2. The molecule has 0 saturated heterocycles. The minimum Gasteiger partial charge on any atom is -0.392 e. The van der Waals surface area contributed by atoms with Gasteiger partial charge >= 0.3 is 0 Å². The highest BCUT2D eigenvalue weighted by molar-refractivity contribution is 8.00. The average molecular weight is 198 g/mol. The standard InChI is InChI=1S/C10H11FOS/c1-6(12)10-5-7-4-8(11)2-3-9(7)13-10/h2-4,6,10,12H,5H2,1H3. The molecule has 70 valence electrons. The third kappa shape index (κ3) is 1.71. The molecule has 0 spiro atoms. The maximum absolute atomic E-state index is 12.8. The van der Waals surface area contributed by atoms with Crippen LogP contribution in [0, 0.1) is 5.82 Å². The minimum atomic E-state index is -0.333. The van der Waals surface area contributed by atoms with Crippen molar-refractivity contribution in [3.63, 3.8) is 0 Å². The van der Waals surface area contributed by atoms with E-state index in [9.17, 15) is 9.50 Å². The smallest absolute Gasteiger partial charge is 0.123 e. The molecule has 0 aliphatic carbocycles. The molecule has 2 unspecified atom stereocenters. The van der Waals surface area contributed by atoms with Gasteiger partial charge in [0, 0.05) is 10.1 Å². The zero-order valence-electron chi connectivity index (χ0n) is 7.33. The van der Waals surface area contributed by atoms with Gasteiger partial charge in [-0.25, -0.2) is 4.39 Å². The highest BCUT2D eigenvalue weighted by atomic mass is 32.2. The van der Waals surface area contributed by atoms with E-state index in [2.05, 4.69) is 0 Å². The van der Waals surface area contributed by atoms with Crippen LogP contribution in [-0.4, -0.2) is 16.5 Å².